The Hall–Kier alpha value is -1.16. The molecule has 14 heavy (non-hydrogen) atoms. The van der Waals surface area contributed by atoms with E-state index in [9.17, 15) is 5.11 Å². The number of aromatic hydroxyl groups is 1. The first-order valence-electron chi connectivity index (χ1n) is 4.35. The monoisotopic (exact) mass is 252 g/mol. The van der Waals surface area contributed by atoms with Crippen LogP contribution in [0.15, 0.2) is 22.9 Å². The second-order valence-corrected chi connectivity index (χ2v) is 3.80. The Labute approximate surface area is 89.9 Å². The van der Waals surface area contributed by atoms with Crippen molar-refractivity contribution >= 4 is 27.0 Å². The van der Waals surface area contributed by atoms with Crippen molar-refractivity contribution in [3.63, 3.8) is 0 Å². The molecule has 0 unspecified atom stereocenters. The summed E-state index contributed by atoms with van der Waals surface area (Å²) in [6.45, 7) is 1.97. The summed E-state index contributed by atoms with van der Waals surface area (Å²) >= 11 is 3.26. The minimum atomic E-state index is 0.235. The van der Waals surface area contributed by atoms with Gasteiger partial charge in [0.25, 0.3) is 0 Å². The van der Waals surface area contributed by atoms with E-state index in [0.717, 1.165) is 12.0 Å². The summed E-state index contributed by atoms with van der Waals surface area (Å²) in [6, 6.07) is 3.63. The van der Waals surface area contributed by atoms with Crippen LogP contribution in [0.2, 0.25) is 0 Å². The van der Waals surface area contributed by atoms with Gasteiger partial charge in [0.1, 0.15) is 15.9 Å². The quantitative estimate of drug-likeness (QED) is 0.794. The first-order valence-corrected chi connectivity index (χ1v) is 5.14. The summed E-state index contributed by atoms with van der Waals surface area (Å²) in [5.41, 5.74) is 2.09. The van der Waals surface area contributed by atoms with Crippen molar-refractivity contribution in [3.05, 3.63) is 28.5 Å². The fourth-order valence-electron chi connectivity index (χ4n) is 1.33. The van der Waals surface area contributed by atoms with Crippen LogP contribution < -0.4 is 0 Å². The van der Waals surface area contributed by atoms with E-state index in [4.69, 9.17) is 0 Å². The third kappa shape index (κ3) is 1.46. The zero-order valence-corrected chi connectivity index (χ0v) is 9.24. The molecule has 0 fully saturated rings. The van der Waals surface area contributed by atoms with Gasteiger partial charge in [-0.15, -0.1) is 0 Å². The summed E-state index contributed by atoms with van der Waals surface area (Å²) in [4.78, 5) is 8.40. The molecule has 2 heterocycles. The summed E-state index contributed by atoms with van der Waals surface area (Å²) in [5.74, 6) is 0.235. The lowest BCUT2D eigenvalue weighted by Gasteiger charge is -2.04. The van der Waals surface area contributed by atoms with Crippen LogP contribution in [-0.4, -0.2) is 15.1 Å². The van der Waals surface area contributed by atoms with Crippen LogP contribution in [-0.2, 0) is 6.42 Å². The number of pyridine rings is 2. The number of hydrogen-bond donors (Lipinski definition) is 1. The van der Waals surface area contributed by atoms with Crippen LogP contribution in [0, 0.1) is 0 Å². The first kappa shape index (κ1) is 9.40. The maximum atomic E-state index is 9.85. The molecule has 72 valence electrons. The SMILES string of the molecule is CCc1cnc2ccc(Br)nc2c1O. The summed E-state index contributed by atoms with van der Waals surface area (Å²) < 4.78 is 0.704. The predicted molar refractivity (Wildman–Crippen MR) is 58.3 cm³/mol. The molecule has 2 aromatic rings. The molecule has 2 aromatic heterocycles. The average molecular weight is 253 g/mol. The van der Waals surface area contributed by atoms with Gasteiger partial charge in [-0.3, -0.25) is 4.98 Å². The first-order chi connectivity index (χ1) is 6.72. The number of aryl methyl sites for hydroxylation is 1. The number of fused-ring (bicyclic) bond motifs is 1. The van der Waals surface area contributed by atoms with E-state index < -0.39 is 0 Å². The van der Waals surface area contributed by atoms with Gasteiger partial charge >= 0.3 is 0 Å². The van der Waals surface area contributed by atoms with Gasteiger partial charge in [-0.05, 0) is 34.5 Å². The largest absolute Gasteiger partial charge is 0.505 e. The lowest BCUT2D eigenvalue weighted by molar-refractivity contribution is 0.473. The van der Waals surface area contributed by atoms with Gasteiger partial charge in [0, 0.05) is 11.8 Å². The van der Waals surface area contributed by atoms with Crippen molar-refractivity contribution in [2.75, 3.05) is 0 Å². The van der Waals surface area contributed by atoms with Crippen LogP contribution in [0.3, 0.4) is 0 Å². The van der Waals surface area contributed by atoms with Gasteiger partial charge in [0.05, 0.1) is 5.52 Å². The van der Waals surface area contributed by atoms with E-state index in [-0.39, 0.29) is 5.75 Å². The fourth-order valence-corrected chi connectivity index (χ4v) is 1.64. The van der Waals surface area contributed by atoms with Gasteiger partial charge in [-0.2, -0.15) is 0 Å². The Morgan fingerprint density at radius 2 is 2.21 bits per heavy atom. The molecule has 0 aliphatic heterocycles. The normalized spacial score (nSPS) is 10.7. The van der Waals surface area contributed by atoms with Crippen LogP contribution in [0.1, 0.15) is 12.5 Å². The Morgan fingerprint density at radius 3 is 2.93 bits per heavy atom. The van der Waals surface area contributed by atoms with E-state index in [1.807, 2.05) is 13.0 Å². The molecule has 1 N–H and O–H groups in total. The maximum Gasteiger partial charge on any atom is 0.148 e. The highest BCUT2D eigenvalue weighted by Gasteiger charge is 2.07. The molecule has 0 aliphatic carbocycles. The van der Waals surface area contributed by atoms with Gasteiger partial charge in [-0.1, -0.05) is 6.92 Å². The van der Waals surface area contributed by atoms with Crippen molar-refractivity contribution in [3.8, 4) is 5.75 Å². The number of halogens is 1. The summed E-state index contributed by atoms with van der Waals surface area (Å²) in [5, 5.41) is 9.85. The number of nitrogens with zero attached hydrogens (tertiary/aromatic N) is 2. The standard InChI is InChI=1S/C10H9BrN2O/c1-2-6-5-12-7-3-4-8(11)13-9(7)10(6)14/h3-5H,2H2,1H3,(H,12,14). The molecule has 0 saturated carbocycles. The molecule has 0 amide bonds. The lowest BCUT2D eigenvalue weighted by atomic mass is 10.2. The molecule has 0 atom stereocenters. The van der Waals surface area contributed by atoms with E-state index in [2.05, 4.69) is 25.9 Å². The third-order valence-electron chi connectivity index (χ3n) is 2.11. The predicted octanol–water partition coefficient (Wildman–Crippen LogP) is 2.66. The van der Waals surface area contributed by atoms with Crippen LogP contribution >= 0.6 is 15.9 Å². The molecule has 0 saturated heterocycles. The van der Waals surface area contributed by atoms with Crippen LogP contribution in [0.4, 0.5) is 0 Å². The van der Waals surface area contributed by atoms with Crippen LogP contribution in [0.5, 0.6) is 5.75 Å². The minimum absolute atomic E-state index is 0.235. The van der Waals surface area contributed by atoms with Gasteiger partial charge in [-0.25, -0.2) is 4.98 Å². The Bertz CT molecular complexity index is 485. The zero-order chi connectivity index (χ0) is 10.1. The third-order valence-corrected chi connectivity index (χ3v) is 2.55. The highest BCUT2D eigenvalue weighted by Crippen LogP contribution is 2.26. The highest BCUT2D eigenvalue weighted by atomic mass is 79.9. The molecular formula is C10H9BrN2O. The molecule has 4 heteroatoms. The number of hydrogen-bond acceptors (Lipinski definition) is 3. The lowest BCUT2D eigenvalue weighted by Crippen LogP contribution is -1.89. The minimum Gasteiger partial charge on any atom is -0.505 e. The van der Waals surface area contributed by atoms with E-state index >= 15 is 0 Å². The van der Waals surface area contributed by atoms with E-state index in [1.54, 1.807) is 12.3 Å². The number of rotatable bonds is 1. The Kier molecular flexibility index (Phi) is 2.37. The average Bonchev–Trinajstić information content (AvgIpc) is 2.20. The molecule has 3 nitrogen and oxygen atoms in total. The molecule has 0 radical (unpaired) electrons. The Balaban J connectivity index is 2.79. The summed E-state index contributed by atoms with van der Waals surface area (Å²) in [7, 11) is 0. The van der Waals surface area contributed by atoms with E-state index in [1.165, 1.54) is 0 Å². The fraction of sp³-hybridized carbons (Fsp3) is 0.200. The molecule has 0 aliphatic rings. The molecule has 0 bridgehead atoms. The number of aromatic nitrogens is 2. The zero-order valence-electron chi connectivity index (χ0n) is 7.66. The maximum absolute atomic E-state index is 9.85. The van der Waals surface area contributed by atoms with Crippen molar-refractivity contribution in [2.24, 2.45) is 0 Å². The molecule has 0 spiro atoms. The van der Waals surface area contributed by atoms with Crippen molar-refractivity contribution in [2.45, 2.75) is 13.3 Å². The van der Waals surface area contributed by atoms with E-state index in [0.29, 0.717) is 15.6 Å². The highest BCUT2D eigenvalue weighted by molar-refractivity contribution is 9.10. The molecule has 2 rings (SSSR count). The topological polar surface area (TPSA) is 46.0 Å². The molecular weight excluding hydrogens is 244 g/mol. The van der Waals surface area contributed by atoms with Crippen molar-refractivity contribution in [1.82, 2.24) is 9.97 Å². The molecule has 0 aromatic carbocycles. The van der Waals surface area contributed by atoms with Gasteiger partial charge in [0.2, 0.25) is 0 Å². The van der Waals surface area contributed by atoms with Crippen molar-refractivity contribution in [1.29, 1.82) is 0 Å². The van der Waals surface area contributed by atoms with Crippen molar-refractivity contribution < 1.29 is 5.11 Å². The smallest absolute Gasteiger partial charge is 0.148 e. The second kappa shape index (κ2) is 3.53. The van der Waals surface area contributed by atoms with Crippen LogP contribution in [0.25, 0.3) is 11.0 Å². The van der Waals surface area contributed by atoms with Gasteiger partial charge in [0.15, 0.2) is 0 Å². The Morgan fingerprint density at radius 1 is 1.43 bits per heavy atom. The summed E-state index contributed by atoms with van der Waals surface area (Å²) in [6.07, 6.45) is 2.44. The second-order valence-electron chi connectivity index (χ2n) is 2.99. The van der Waals surface area contributed by atoms with Gasteiger partial charge < -0.3 is 5.11 Å².